The first-order chi connectivity index (χ1) is 14.3. The van der Waals surface area contributed by atoms with Gasteiger partial charge in [0, 0.05) is 23.4 Å². The Morgan fingerprint density at radius 1 is 1.17 bits per heavy atom. The van der Waals surface area contributed by atoms with Gasteiger partial charge in [-0.05, 0) is 37.1 Å². The zero-order chi connectivity index (χ0) is 19.6. The van der Waals surface area contributed by atoms with Crippen molar-refractivity contribution in [3.63, 3.8) is 0 Å². The number of hydrogen-bond donors (Lipinski definition) is 1. The second kappa shape index (κ2) is 8.31. The van der Waals surface area contributed by atoms with Gasteiger partial charge >= 0.3 is 0 Å². The molecule has 2 aliphatic rings. The quantitative estimate of drug-likeness (QED) is 0.541. The number of amides is 1. The zero-order valence-electron chi connectivity index (χ0n) is 16.2. The number of nitrogens with one attached hydrogen (secondary N) is 1. The highest BCUT2D eigenvalue weighted by atomic mass is 32.2. The first-order valence-electron chi connectivity index (χ1n) is 10.2. The molecule has 2 saturated carbocycles. The van der Waals surface area contributed by atoms with Crippen molar-refractivity contribution < 1.29 is 4.79 Å². The van der Waals surface area contributed by atoms with Crippen molar-refractivity contribution in [2.45, 2.75) is 62.2 Å². The smallest absolute Gasteiger partial charge is 0.235 e. The van der Waals surface area contributed by atoms with Crippen molar-refractivity contribution in [1.29, 1.82) is 0 Å². The summed E-state index contributed by atoms with van der Waals surface area (Å²) >= 11 is 3.21. The highest BCUT2D eigenvalue weighted by Crippen LogP contribution is 2.39. The van der Waals surface area contributed by atoms with E-state index < -0.39 is 0 Å². The molecular weight excluding hydrogens is 404 g/mol. The van der Waals surface area contributed by atoms with Crippen LogP contribution in [0.5, 0.6) is 0 Å². The summed E-state index contributed by atoms with van der Waals surface area (Å²) in [5, 5.41) is 19.2. The molecule has 3 aromatic rings. The zero-order valence-corrected chi connectivity index (χ0v) is 17.8. The lowest BCUT2D eigenvalue weighted by Crippen LogP contribution is -2.19. The SMILES string of the molecule is O=C(CSc1nnc(Cc2cccs2)n1C1CC1)Nc1ccnn1C1CCCC1. The summed E-state index contributed by atoms with van der Waals surface area (Å²) in [6.45, 7) is 0. The Morgan fingerprint density at radius 3 is 2.79 bits per heavy atom. The number of nitrogens with zero attached hydrogens (tertiary/aromatic N) is 5. The fourth-order valence-corrected chi connectivity index (χ4v) is 5.48. The van der Waals surface area contributed by atoms with Crippen LogP contribution in [0, 0.1) is 0 Å². The normalized spacial score (nSPS) is 17.1. The van der Waals surface area contributed by atoms with Gasteiger partial charge in [-0.3, -0.25) is 4.79 Å². The first-order valence-corrected chi connectivity index (χ1v) is 12.1. The molecule has 5 rings (SSSR count). The van der Waals surface area contributed by atoms with E-state index in [0.29, 0.717) is 17.8 Å². The number of carbonyl (C=O) groups excluding carboxylic acids is 1. The third-order valence-electron chi connectivity index (χ3n) is 5.50. The Kier molecular flexibility index (Phi) is 5.41. The van der Waals surface area contributed by atoms with E-state index in [1.54, 1.807) is 17.5 Å². The maximum atomic E-state index is 12.6. The van der Waals surface area contributed by atoms with Crippen molar-refractivity contribution in [2.24, 2.45) is 0 Å². The summed E-state index contributed by atoms with van der Waals surface area (Å²) in [6, 6.07) is 6.96. The molecule has 0 unspecified atom stereocenters. The van der Waals surface area contributed by atoms with Gasteiger partial charge in [-0.15, -0.1) is 21.5 Å². The summed E-state index contributed by atoms with van der Waals surface area (Å²) in [5.41, 5.74) is 0. The van der Waals surface area contributed by atoms with E-state index in [9.17, 15) is 4.79 Å². The van der Waals surface area contributed by atoms with Gasteiger partial charge in [0.25, 0.3) is 0 Å². The minimum atomic E-state index is -0.0279. The standard InChI is InChI=1S/C20H24N6OS2/c27-19(22-17-9-10-21-26(17)15-4-1-2-5-15)13-29-20-24-23-18(25(20)14-7-8-14)12-16-6-3-11-28-16/h3,6,9-11,14-15H,1-2,4-5,7-8,12-13H2,(H,22,27). The van der Waals surface area contributed by atoms with Crippen molar-refractivity contribution in [3.8, 4) is 0 Å². The number of hydrogen-bond acceptors (Lipinski definition) is 6. The van der Waals surface area contributed by atoms with Gasteiger partial charge < -0.3 is 9.88 Å². The number of rotatable bonds is 8. The minimum absolute atomic E-state index is 0.0279. The van der Waals surface area contributed by atoms with Crippen LogP contribution < -0.4 is 5.32 Å². The van der Waals surface area contributed by atoms with E-state index in [2.05, 4.69) is 42.7 Å². The highest BCUT2D eigenvalue weighted by Gasteiger charge is 2.30. The third-order valence-corrected chi connectivity index (χ3v) is 7.32. The molecule has 0 bridgehead atoms. The molecule has 0 spiro atoms. The molecule has 1 N–H and O–H groups in total. The largest absolute Gasteiger partial charge is 0.310 e. The van der Waals surface area contributed by atoms with Crippen molar-refractivity contribution in [2.75, 3.05) is 11.1 Å². The highest BCUT2D eigenvalue weighted by molar-refractivity contribution is 7.99. The third kappa shape index (κ3) is 4.25. The van der Waals surface area contributed by atoms with Gasteiger partial charge in [0.2, 0.25) is 5.91 Å². The molecule has 2 aliphatic carbocycles. The average molecular weight is 429 g/mol. The van der Waals surface area contributed by atoms with Crippen LogP contribution in [0.15, 0.2) is 34.9 Å². The molecule has 1 amide bonds. The topological polar surface area (TPSA) is 77.6 Å². The molecule has 0 aromatic carbocycles. The van der Waals surface area contributed by atoms with Gasteiger partial charge in [-0.2, -0.15) is 5.10 Å². The Hall–Kier alpha value is -2.13. The molecule has 0 atom stereocenters. The van der Waals surface area contributed by atoms with Crippen LogP contribution in [0.2, 0.25) is 0 Å². The second-order valence-electron chi connectivity index (χ2n) is 7.69. The molecule has 9 heteroatoms. The van der Waals surface area contributed by atoms with Gasteiger partial charge in [0.1, 0.15) is 11.6 Å². The summed E-state index contributed by atoms with van der Waals surface area (Å²) < 4.78 is 4.21. The van der Waals surface area contributed by atoms with Gasteiger partial charge in [0.15, 0.2) is 5.16 Å². The predicted molar refractivity (Wildman–Crippen MR) is 115 cm³/mol. The number of carbonyl (C=O) groups is 1. The fraction of sp³-hybridized carbons (Fsp3) is 0.500. The number of anilines is 1. The van der Waals surface area contributed by atoms with E-state index >= 15 is 0 Å². The first kappa shape index (κ1) is 18.9. The Morgan fingerprint density at radius 2 is 2.03 bits per heavy atom. The number of thioether (sulfide) groups is 1. The van der Waals surface area contributed by atoms with Gasteiger partial charge in [-0.1, -0.05) is 30.7 Å². The monoisotopic (exact) mass is 428 g/mol. The second-order valence-corrected chi connectivity index (χ2v) is 9.67. The minimum Gasteiger partial charge on any atom is -0.310 e. The Bertz CT molecular complexity index is 969. The fourth-order valence-electron chi connectivity index (χ4n) is 3.96. The molecule has 2 fully saturated rings. The lowest BCUT2D eigenvalue weighted by atomic mass is 10.2. The van der Waals surface area contributed by atoms with Crippen molar-refractivity contribution >= 4 is 34.8 Å². The summed E-state index contributed by atoms with van der Waals surface area (Å²) in [5.74, 6) is 2.08. The van der Waals surface area contributed by atoms with Crippen LogP contribution >= 0.6 is 23.1 Å². The summed E-state index contributed by atoms with van der Waals surface area (Å²) in [7, 11) is 0. The van der Waals surface area contributed by atoms with Gasteiger partial charge in [-0.25, -0.2) is 4.68 Å². The molecule has 0 radical (unpaired) electrons. The molecule has 0 aliphatic heterocycles. The van der Waals surface area contributed by atoms with Crippen LogP contribution in [0.4, 0.5) is 5.82 Å². The molecule has 3 heterocycles. The summed E-state index contributed by atoms with van der Waals surface area (Å²) in [6.07, 6.45) is 9.63. The molecule has 0 saturated heterocycles. The lowest BCUT2D eigenvalue weighted by Gasteiger charge is -2.14. The van der Waals surface area contributed by atoms with Crippen LogP contribution in [-0.4, -0.2) is 36.2 Å². The molecular formula is C20H24N6OS2. The molecule has 152 valence electrons. The van der Waals surface area contributed by atoms with Crippen LogP contribution in [0.1, 0.15) is 61.3 Å². The van der Waals surface area contributed by atoms with Crippen molar-refractivity contribution in [1.82, 2.24) is 24.5 Å². The van der Waals surface area contributed by atoms with Crippen LogP contribution in [0.25, 0.3) is 0 Å². The van der Waals surface area contributed by atoms with E-state index in [1.807, 2.05) is 10.7 Å². The van der Waals surface area contributed by atoms with E-state index in [1.165, 1.54) is 29.5 Å². The van der Waals surface area contributed by atoms with Crippen LogP contribution in [0.3, 0.4) is 0 Å². The van der Waals surface area contributed by atoms with E-state index in [0.717, 1.165) is 48.9 Å². The number of thiophene rings is 1. The Balaban J connectivity index is 1.23. The maximum Gasteiger partial charge on any atom is 0.235 e. The Labute approximate surface area is 177 Å². The molecule has 7 nitrogen and oxygen atoms in total. The average Bonchev–Trinajstić information content (AvgIpc) is 3.20. The predicted octanol–water partition coefficient (Wildman–Crippen LogP) is 4.31. The van der Waals surface area contributed by atoms with Gasteiger partial charge in [0.05, 0.1) is 18.0 Å². The number of aromatic nitrogens is 5. The lowest BCUT2D eigenvalue weighted by molar-refractivity contribution is -0.113. The van der Waals surface area contributed by atoms with E-state index in [4.69, 9.17) is 0 Å². The van der Waals surface area contributed by atoms with Crippen molar-refractivity contribution in [3.05, 3.63) is 40.5 Å². The summed E-state index contributed by atoms with van der Waals surface area (Å²) in [4.78, 5) is 13.9. The molecule has 3 aromatic heterocycles. The van der Waals surface area contributed by atoms with Crippen LogP contribution in [-0.2, 0) is 11.2 Å². The maximum absolute atomic E-state index is 12.6. The molecule has 29 heavy (non-hydrogen) atoms. The van der Waals surface area contributed by atoms with E-state index in [-0.39, 0.29) is 5.91 Å².